The summed E-state index contributed by atoms with van der Waals surface area (Å²) >= 11 is 4.45. The molecular formula is C12H17N3O2S. The first-order chi connectivity index (χ1) is 8.70. The number of hydrogen-bond acceptors (Lipinski definition) is 4. The van der Waals surface area contributed by atoms with E-state index in [4.69, 9.17) is 4.74 Å². The molecule has 1 aromatic rings. The zero-order valence-corrected chi connectivity index (χ0v) is 11.0. The summed E-state index contributed by atoms with van der Waals surface area (Å²) in [4.78, 5) is 20.8. The van der Waals surface area contributed by atoms with Gasteiger partial charge in [0, 0.05) is 36.7 Å². The highest BCUT2D eigenvalue weighted by atomic mass is 32.1. The average Bonchev–Trinajstić information content (AvgIpc) is 2.96. The third kappa shape index (κ3) is 3.07. The van der Waals surface area contributed by atoms with Crippen LogP contribution in [0.15, 0.2) is 25.0 Å². The predicted molar refractivity (Wildman–Crippen MR) is 71.7 cm³/mol. The van der Waals surface area contributed by atoms with E-state index in [9.17, 15) is 4.79 Å². The zero-order chi connectivity index (χ0) is 13.0. The second-order valence-electron chi connectivity index (χ2n) is 4.30. The van der Waals surface area contributed by atoms with Gasteiger partial charge in [-0.1, -0.05) is 12.7 Å². The second kappa shape index (κ2) is 5.95. The van der Waals surface area contributed by atoms with Crippen molar-refractivity contribution in [3.8, 4) is 0 Å². The Balaban J connectivity index is 1.98. The van der Waals surface area contributed by atoms with E-state index < -0.39 is 0 Å². The smallest absolute Gasteiger partial charge is 0.410 e. The van der Waals surface area contributed by atoms with Gasteiger partial charge < -0.3 is 14.6 Å². The lowest BCUT2D eigenvalue weighted by atomic mass is 10.1. The quantitative estimate of drug-likeness (QED) is 0.644. The standard InChI is InChI=1S/C12H17N3O2S/c1-2-5-17-12(16)15-8-10(18)6-9(15)7-11-13-3-4-14-11/h2-4,9-10,18H,1,5-8H2,(H,13,14). The van der Waals surface area contributed by atoms with Crippen LogP contribution in [0, 0.1) is 0 Å². The topological polar surface area (TPSA) is 58.2 Å². The normalized spacial score (nSPS) is 23.1. The molecule has 1 N–H and O–H groups in total. The number of imidazole rings is 1. The molecule has 2 atom stereocenters. The van der Waals surface area contributed by atoms with Crippen LogP contribution in [0.1, 0.15) is 12.2 Å². The molecule has 1 aliphatic heterocycles. The predicted octanol–water partition coefficient (Wildman–Crippen LogP) is 1.65. The van der Waals surface area contributed by atoms with Gasteiger partial charge in [0.25, 0.3) is 0 Å². The number of thiol groups is 1. The minimum atomic E-state index is -0.303. The van der Waals surface area contributed by atoms with Crippen LogP contribution in [0.5, 0.6) is 0 Å². The van der Waals surface area contributed by atoms with Crippen LogP contribution < -0.4 is 0 Å². The Kier molecular flexibility index (Phi) is 4.30. The maximum Gasteiger partial charge on any atom is 0.410 e. The summed E-state index contributed by atoms with van der Waals surface area (Å²) < 4.78 is 5.08. The van der Waals surface area contributed by atoms with Crippen LogP contribution in [0.25, 0.3) is 0 Å². The fraction of sp³-hybridized carbons (Fsp3) is 0.500. The van der Waals surface area contributed by atoms with Gasteiger partial charge in [0.05, 0.1) is 0 Å². The molecule has 1 amide bonds. The highest BCUT2D eigenvalue weighted by molar-refractivity contribution is 7.81. The number of carbonyl (C=O) groups excluding carboxylic acids is 1. The highest BCUT2D eigenvalue weighted by Gasteiger charge is 2.34. The molecule has 1 aliphatic rings. The molecule has 2 heterocycles. The van der Waals surface area contributed by atoms with Crippen LogP contribution in [0.3, 0.4) is 0 Å². The van der Waals surface area contributed by atoms with Gasteiger partial charge in [0.2, 0.25) is 0 Å². The maximum atomic E-state index is 11.9. The van der Waals surface area contributed by atoms with Crippen LogP contribution in [0.4, 0.5) is 4.79 Å². The monoisotopic (exact) mass is 267 g/mol. The van der Waals surface area contributed by atoms with Crippen molar-refractivity contribution in [1.29, 1.82) is 0 Å². The number of likely N-dealkylation sites (tertiary alicyclic amines) is 1. The molecule has 0 radical (unpaired) electrons. The fourth-order valence-corrected chi connectivity index (χ4v) is 2.57. The first kappa shape index (κ1) is 13.0. The molecule has 0 bridgehead atoms. The Morgan fingerprint density at radius 3 is 3.28 bits per heavy atom. The van der Waals surface area contributed by atoms with Crippen molar-refractivity contribution in [2.24, 2.45) is 0 Å². The minimum Gasteiger partial charge on any atom is -0.445 e. The molecule has 2 unspecified atom stereocenters. The summed E-state index contributed by atoms with van der Waals surface area (Å²) in [5, 5.41) is 0.196. The van der Waals surface area contributed by atoms with Gasteiger partial charge in [-0.05, 0) is 6.42 Å². The molecule has 1 aromatic heterocycles. The van der Waals surface area contributed by atoms with Crippen molar-refractivity contribution >= 4 is 18.7 Å². The highest BCUT2D eigenvalue weighted by Crippen LogP contribution is 2.24. The van der Waals surface area contributed by atoms with Crippen LogP contribution >= 0.6 is 12.6 Å². The van der Waals surface area contributed by atoms with E-state index in [-0.39, 0.29) is 24.0 Å². The van der Waals surface area contributed by atoms with Gasteiger partial charge >= 0.3 is 6.09 Å². The number of amides is 1. The van der Waals surface area contributed by atoms with Crippen LogP contribution in [-0.2, 0) is 11.2 Å². The van der Waals surface area contributed by atoms with E-state index in [0.29, 0.717) is 13.0 Å². The molecule has 1 fully saturated rings. The zero-order valence-electron chi connectivity index (χ0n) is 10.1. The van der Waals surface area contributed by atoms with Gasteiger partial charge in [0.15, 0.2) is 0 Å². The number of carbonyl (C=O) groups is 1. The minimum absolute atomic E-state index is 0.0935. The molecule has 18 heavy (non-hydrogen) atoms. The van der Waals surface area contributed by atoms with E-state index in [0.717, 1.165) is 12.2 Å². The lowest BCUT2D eigenvalue weighted by Crippen LogP contribution is -2.37. The summed E-state index contributed by atoms with van der Waals surface area (Å²) in [6, 6.07) is 0.0935. The molecule has 2 rings (SSSR count). The van der Waals surface area contributed by atoms with E-state index >= 15 is 0 Å². The van der Waals surface area contributed by atoms with E-state index in [2.05, 4.69) is 29.2 Å². The van der Waals surface area contributed by atoms with Crippen molar-refractivity contribution in [2.45, 2.75) is 24.1 Å². The summed E-state index contributed by atoms with van der Waals surface area (Å²) in [6.45, 7) is 4.38. The maximum absolute atomic E-state index is 11.9. The number of aromatic amines is 1. The first-order valence-electron chi connectivity index (χ1n) is 5.91. The van der Waals surface area contributed by atoms with E-state index in [1.807, 2.05) is 0 Å². The Bertz CT molecular complexity index is 407. The number of aromatic nitrogens is 2. The van der Waals surface area contributed by atoms with Gasteiger partial charge in [0.1, 0.15) is 12.4 Å². The van der Waals surface area contributed by atoms with Crippen molar-refractivity contribution < 1.29 is 9.53 Å². The Labute approximate surface area is 112 Å². The van der Waals surface area contributed by atoms with Gasteiger partial charge in [-0.15, -0.1) is 0 Å². The van der Waals surface area contributed by atoms with Crippen LogP contribution in [0.2, 0.25) is 0 Å². The largest absolute Gasteiger partial charge is 0.445 e. The molecule has 5 nitrogen and oxygen atoms in total. The third-order valence-electron chi connectivity index (χ3n) is 2.94. The first-order valence-corrected chi connectivity index (χ1v) is 6.43. The number of hydrogen-bond donors (Lipinski definition) is 2. The molecule has 1 saturated heterocycles. The van der Waals surface area contributed by atoms with Gasteiger partial charge in [-0.3, -0.25) is 0 Å². The Morgan fingerprint density at radius 1 is 1.78 bits per heavy atom. The van der Waals surface area contributed by atoms with Crippen molar-refractivity contribution in [3.63, 3.8) is 0 Å². The van der Waals surface area contributed by atoms with E-state index in [1.54, 1.807) is 23.4 Å². The van der Waals surface area contributed by atoms with Gasteiger partial charge in [-0.2, -0.15) is 12.6 Å². The number of rotatable bonds is 4. The summed E-state index contributed by atoms with van der Waals surface area (Å²) in [6.07, 6.45) is 6.31. The fourth-order valence-electron chi connectivity index (χ4n) is 2.16. The lowest BCUT2D eigenvalue weighted by Gasteiger charge is -2.22. The number of ether oxygens (including phenoxy) is 1. The SMILES string of the molecule is C=CCOC(=O)N1CC(S)CC1Cc1ncc[nH]1. The number of nitrogens with zero attached hydrogens (tertiary/aromatic N) is 2. The molecule has 0 spiro atoms. The summed E-state index contributed by atoms with van der Waals surface area (Å²) in [5.74, 6) is 0.879. The molecule has 98 valence electrons. The van der Waals surface area contributed by atoms with Gasteiger partial charge in [-0.25, -0.2) is 9.78 Å². The van der Waals surface area contributed by atoms with Crippen molar-refractivity contribution in [1.82, 2.24) is 14.9 Å². The third-order valence-corrected chi connectivity index (χ3v) is 3.31. The average molecular weight is 267 g/mol. The number of H-pyrrole nitrogens is 1. The summed E-state index contributed by atoms with van der Waals surface area (Å²) in [7, 11) is 0. The lowest BCUT2D eigenvalue weighted by molar-refractivity contribution is 0.108. The van der Waals surface area contributed by atoms with Crippen molar-refractivity contribution in [2.75, 3.05) is 13.2 Å². The Morgan fingerprint density at radius 2 is 2.61 bits per heavy atom. The van der Waals surface area contributed by atoms with E-state index in [1.165, 1.54) is 0 Å². The molecule has 0 aliphatic carbocycles. The molecule has 0 saturated carbocycles. The molecule has 0 aromatic carbocycles. The second-order valence-corrected chi connectivity index (χ2v) is 5.03. The van der Waals surface area contributed by atoms with Crippen molar-refractivity contribution in [3.05, 3.63) is 30.9 Å². The molecule has 6 heteroatoms. The molecular weight excluding hydrogens is 250 g/mol. The summed E-state index contributed by atoms with van der Waals surface area (Å²) in [5.41, 5.74) is 0. The Hall–Kier alpha value is -1.43. The number of nitrogens with one attached hydrogen (secondary N) is 1. The van der Waals surface area contributed by atoms with Crippen LogP contribution in [-0.4, -0.2) is 45.4 Å².